The van der Waals surface area contributed by atoms with Crippen LogP contribution >= 0.6 is 0 Å². The van der Waals surface area contributed by atoms with E-state index in [2.05, 4.69) is 63.7 Å². The van der Waals surface area contributed by atoms with Gasteiger partial charge in [0, 0.05) is 25.2 Å². The normalized spacial score (nSPS) is 18.6. The molecule has 0 amide bonds. The predicted octanol–water partition coefficient (Wildman–Crippen LogP) is 8.00. The second kappa shape index (κ2) is 20.0. The van der Waals surface area contributed by atoms with Gasteiger partial charge in [-0.3, -0.25) is 9.58 Å². The van der Waals surface area contributed by atoms with Crippen LogP contribution in [0.5, 0.6) is 5.75 Å². The molecule has 7 rings (SSSR count). The fourth-order valence-corrected chi connectivity index (χ4v) is 7.13. The molecule has 1 fully saturated rings. The fourth-order valence-electron chi connectivity index (χ4n) is 7.13. The van der Waals surface area contributed by atoms with Crippen molar-refractivity contribution in [3.05, 3.63) is 174 Å². The summed E-state index contributed by atoms with van der Waals surface area (Å²) >= 11 is 0. The van der Waals surface area contributed by atoms with Gasteiger partial charge in [0.1, 0.15) is 23.7 Å². The highest BCUT2D eigenvalue weighted by Crippen LogP contribution is 2.30. The SMILES string of the molecule is COc1ccccc1-c1cn(CCCN2C[C@H](OCc3ccccc3)[C@@H](OCc3ccccc3)[C@H](OCc3ccccc3)[C@H]2COCc2ccccc2)nn1. The molecule has 4 atom stereocenters. The molecule has 1 aromatic heterocycles. The summed E-state index contributed by atoms with van der Waals surface area (Å²) < 4.78 is 34.7. The second-order valence-corrected chi connectivity index (χ2v) is 13.8. The van der Waals surface area contributed by atoms with Gasteiger partial charge >= 0.3 is 0 Å². The lowest BCUT2D eigenvalue weighted by atomic mass is 9.92. The molecule has 0 spiro atoms. The standard InChI is InChI=1S/C46H50N4O5/c1-51-43-26-15-14-25-40(43)41-29-50(48-47-41)28-16-27-49-30-44(53-32-37-19-8-3-9-20-37)46(55-34-39-23-12-5-13-24-39)45(54-33-38-21-10-4-11-22-38)42(49)35-52-31-36-17-6-2-7-18-36/h2-15,17-26,29,42,44-46H,16,27-28,30-35H2,1H3/t42-,44+,45-,46-/m1/s1. The fraction of sp³-hybridized carbons (Fsp3) is 0.304. The van der Waals surface area contributed by atoms with Gasteiger partial charge in [-0.25, -0.2) is 0 Å². The van der Waals surface area contributed by atoms with Crippen LogP contribution in [-0.2, 0) is 51.9 Å². The zero-order chi connectivity index (χ0) is 37.5. The molecule has 1 saturated heterocycles. The van der Waals surface area contributed by atoms with E-state index >= 15 is 0 Å². The van der Waals surface area contributed by atoms with E-state index in [1.165, 1.54) is 0 Å². The highest BCUT2D eigenvalue weighted by Gasteiger charge is 2.46. The van der Waals surface area contributed by atoms with Gasteiger partial charge in [-0.05, 0) is 40.8 Å². The molecule has 9 heteroatoms. The summed E-state index contributed by atoms with van der Waals surface area (Å²) in [5, 5.41) is 8.95. The van der Waals surface area contributed by atoms with Crippen LogP contribution in [0.3, 0.4) is 0 Å². The molecule has 6 aromatic rings. The average molecular weight is 739 g/mol. The van der Waals surface area contributed by atoms with Crippen LogP contribution in [0.15, 0.2) is 152 Å². The van der Waals surface area contributed by atoms with Gasteiger partial charge in [0.05, 0.1) is 58.5 Å². The van der Waals surface area contributed by atoms with Gasteiger partial charge in [0.25, 0.3) is 0 Å². The summed E-state index contributed by atoms with van der Waals surface area (Å²) in [6.45, 7) is 4.43. The number of nitrogens with zero attached hydrogens (tertiary/aromatic N) is 4. The Kier molecular flexibility index (Phi) is 13.8. The zero-order valence-corrected chi connectivity index (χ0v) is 31.4. The van der Waals surface area contributed by atoms with Crippen LogP contribution in [-0.4, -0.2) is 71.1 Å². The van der Waals surface area contributed by atoms with E-state index in [1.54, 1.807) is 7.11 Å². The third-order valence-electron chi connectivity index (χ3n) is 9.98. The maximum absolute atomic E-state index is 6.97. The average Bonchev–Trinajstić information content (AvgIpc) is 3.72. The third kappa shape index (κ3) is 10.7. The summed E-state index contributed by atoms with van der Waals surface area (Å²) in [5.74, 6) is 0.772. The molecule has 0 saturated carbocycles. The van der Waals surface area contributed by atoms with Gasteiger partial charge in [0.2, 0.25) is 0 Å². The monoisotopic (exact) mass is 738 g/mol. The van der Waals surface area contributed by atoms with Crippen molar-refractivity contribution >= 4 is 0 Å². The van der Waals surface area contributed by atoms with E-state index in [0.29, 0.717) is 46.1 Å². The summed E-state index contributed by atoms with van der Waals surface area (Å²) in [5.41, 5.74) is 6.15. The predicted molar refractivity (Wildman–Crippen MR) is 213 cm³/mol. The number of aryl methyl sites for hydroxylation is 1. The molecule has 55 heavy (non-hydrogen) atoms. The number of piperidine rings is 1. The number of benzene rings is 5. The molecular weight excluding hydrogens is 689 g/mol. The molecule has 2 heterocycles. The Balaban J connectivity index is 1.15. The molecule has 0 N–H and O–H groups in total. The topological polar surface area (TPSA) is 80.1 Å². The lowest BCUT2D eigenvalue weighted by molar-refractivity contribution is -0.210. The van der Waals surface area contributed by atoms with E-state index in [4.69, 9.17) is 23.7 Å². The largest absolute Gasteiger partial charge is 0.496 e. The lowest BCUT2D eigenvalue weighted by Crippen LogP contribution is -2.64. The van der Waals surface area contributed by atoms with E-state index in [1.807, 2.05) is 108 Å². The van der Waals surface area contributed by atoms with Crippen molar-refractivity contribution in [1.82, 2.24) is 19.9 Å². The second-order valence-electron chi connectivity index (χ2n) is 13.8. The Morgan fingerprint density at radius 3 is 1.71 bits per heavy atom. The summed E-state index contributed by atoms with van der Waals surface area (Å²) in [6.07, 6.45) is 1.85. The van der Waals surface area contributed by atoms with Crippen molar-refractivity contribution in [3.63, 3.8) is 0 Å². The number of hydrogen-bond acceptors (Lipinski definition) is 8. The first-order valence-electron chi connectivity index (χ1n) is 19.1. The van der Waals surface area contributed by atoms with E-state index in [-0.39, 0.29) is 24.4 Å². The van der Waals surface area contributed by atoms with Crippen molar-refractivity contribution in [2.75, 3.05) is 26.8 Å². The minimum atomic E-state index is -0.354. The number of ether oxygens (including phenoxy) is 5. The van der Waals surface area contributed by atoms with Crippen molar-refractivity contribution in [1.29, 1.82) is 0 Å². The van der Waals surface area contributed by atoms with E-state index in [9.17, 15) is 0 Å². The summed E-state index contributed by atoms with van der Waals surface area (Å²) in [6, 6.07) is 49.0. The smallest absolute Gasteiger partial charge is 0.128 e. The zero-order valence-electron chi connectivity index (χ0n) is 31.4. The Hall–Kier alpha value is -5.16. The number of likely N-dealkylation sites (tertiary alicyclic amines) is 1. The molecule has 0 unspecified atom stereocenters. The van der Waals surface area contributed by atoms with Gasteiger partial charge < -0.3 is 23.7 Å². The van der Waals surface area contributed by atoms with Gasteiger partial charge in [-0.2, -0.15) is 0 Å². The van der Waals surface area contributed by atoms with Crippen LogP contribution in [0.2, 0.25) is 0 Å². The first-order chi connectivity index (χ1) is 27.2. The molecule has 1 aliphatic rings. The molecule has 9 nitrogen and oxygen atoms in total. The molecule has 5 aromatic carbocycles. The van der Waals surface area contributed by atoms with Crippen molar-refractivity contribution in [3.8, 4) is 17.0 Å². The van der Waals surface area contributed by atoms with Crippen LogP contribution in [0.25, 0.3) is 11.3 Å². The molecular formula is C46H50N4O5. The molecule has 0 aliphatic carbocycles. The van der Waals surface area contributed by atoms with E-state index < -0.39 is 0 Å². The third-order valence-corrected chi connectivity index (χ3v) is 9.98. The molecule has 284 valence electrons. The highest BCUT2D eigenvalue weighted by atomic mass is 16.6. The molecule has 0 radical (unpaired) electrons. The van der Waals surface area contributed by atoms with Gasteiger partial charge in [-0.1, -0.05) is 139 Å². The Labute approximate surface area is 324 Å². The lowest BCUT2D eigenvalue weighted by Gasteiger charge is -2.48. The number of hydrogen-bond donors (Lipinski definition) is 0. The van der Waals surface area contributed by atoms with Crippen molar-refractivity contribution < 1.29 is 23.7 Å². The van der Waals surface area contributed by atoms with Crippen molar-refractivity contribution in [2.45, 2.75) is 63.7 Å². The van der Waals surface area contributed by atoms with Gasteiger partial charge in [0.15, 0.2) is 0 Å². The molecule has 0 bridgehead atoms. The minimum absolute atomic E-state index is 0.107. The maximum atomic E-state index is 6.97. The Bertz CT molecular complexity index is 1980. The Morgan fingerprint density at radius 1 is 0.582 bits per heavy atom. The maximum Gasteiger partial charge on any atom is 0.128 e. The summed E-state index contributed by atoms with van der Waals surface area (Å²) in [4.78, 5) is 2.47. The van der Waals surface area contributed by atoms with Gasteiger partial charge in [-0.15, -0.1) is 5.10 Å². The number of para-hydroxylation sites is 1. The summed E-state index contributed by atoms with van der Waals surface area (Å²) in [7, 11) is 1.67. The van der Waals surface area contributed by atoms with Crippen LogP contribution in [0.1, 0.15) is 28.7 Å². The van der Waals surface area contributed by atoms with Crippen LogP contribution in [0, 0.1) is 0 Å². The number of methoxy groups -OCH3 is 1. The number of rotatable bonds is 19. The first-order valence-corrected chi connectivity index (χ1v) is 19.1. The van der Waals surface area contributed by atoms with Crippen LogP contribution in [0.4, 0.5) is 0 Å². The first kappa shape index (κ1) is 38.1. The van der Waals surface area contributed by atoms with Crippen LogP contribution < -0.4 is 4.74 Å². The number of aromatic nitrogens is 3. The molecule has 1 aliphatic heterocycles. The van der Waals surface area contributed by atoms with Crippen molar-refractivity contribution in [2.24, 2.45) is 0 Å². The minimum Gasteiger partial charge on any atom is -0.496 e. The highest BCUT2D eigenvalue weighted by molar-refractivity contribution is 5.66. The Morgan fingerprint density at radius 2 is 1.11 bits per heavy atom. The quantitative estimate of drug-likeness (QED) is 0.0828. The van der Waals surface area contributed by atoms with E-state index in [0.717, 1.165) is 52.2 Å².